The summed E-state index contributed by atoms with van der Waals surface area (Å²) in [6.45, 7) is 0. The molecule has 0 bridgehead atoms. The van der Waals surface area contributed by atoms with Gasteiger partial charge in [0, 0.05) is 23.1 Å². The molecule has 0 aliphatic carbocycles. The zero-order chi connectivity index (χ0) is 28.9. The summed E-state index contributed by atoms with van der Waals surface area (Å²) in [6, 6.07) is 21.9. The Balaban J connectivity index is 1.71. The molecule has 2 N–H and O–H groups in total. The van der Waals surface area contributed by atoms with Crippen LogP contribution in [0.2, 0.25) is 0 Å². The number of carbonyl (C=O) groups is 4. The van der Waals surface area contributed by atoms with Gasteiger partial charge in [0.1, 0.15) is 12.1 Å². The number of nitriles is 1. The Morgan fingerprint density at radius 3 is 1.88 bits per heavy atom. The Bertz CT molecular complexity index is 1450. The van der Waals surface area contributed by atoms with Crippen LogP contribution < -0.4 is 10.6 Å². The third kappa shape index (κ3) is 8.57. The van der Waals surface area contributed by atoms with Crippen LogP contribution in [0.1, 0.15) is 39.0 Å². The van der Waals surface area contributed by atoms with Crippen LogP contribution in [-0.2, 0) is 30.3 Å². The predicted molar refractivity (Wildman–Crippen MR) is 146 cm³/mol. The molecule has 0 fully saturated rings. The van der Waals surface area contributed by atoms with Crippen LogP contribution in [0.4, 0.5) is 0 Å². The van der Waals surface area contributed by atoms with Crippen LogP contribution in [0.25, 0.3) is 0 Å². The molecule has 3 rings (SSSR count). The Labute approximate surface area is 232 Å². The zero-order valence-electron chi connectivity index (χ0n) is 22.0. The molecule has 0 heterocycles. The van der Waals surface area contributed by atoms with Gasteiger partial charge in [-0.3, -0.25) is 14.4 Å². The smallest absolute Gasteiger partial charge is 0.328 e. The Morgan fingerprint density at radius 1 is 0.750 bits per heavy atom. The average Bonchev–Trinajstić information content (AvgIpc) is 2.99. The first-order valence-electron chi connectivity index (χ1n) is 12.2. The van der Waals surface area contributed by atoms with Gasteiger partial charge in [0.15, 0.2) is 0 Å². The summed E-state index contributed by atoms with van der Waals surface area (Å²) >= 11 is 0. The van der Waals surface area contributed by atoms with Crippen molar-refractivity contribution in [3.8, 4) is 17.9 Å². The van der Waals surface area contributed by atoms with E-state index >= 15 is 0 Å². The first kappa shape index (κ1) is 29.2. The molecule has 202 valence electrons. The monoisotopic (exact) mass is 537 g/mol. The molecule has 2 atom stereocenters. The lowest BCUT2D eigenvalue weighted by Gasteiger charge is -2.22. The molecular weight excluding hydrogens is 510 g/mol. The fourth-order valence-corrected chi connectivity index (χ4v) is 3.64. The number of hydrogen-bond donors (Lipinski definition) is 2. The van der Waals surface area contributed by atoms with Crippen molar-refractivity contribution in [1.82, 2.24) is 10.6 Å². The van der Waals surface area contributed by atoms with E-state index in [1.54, 1.807) is 60.7 Å². The molecule has 0 aliphatic rings. The fraction of sp³-hybridized carbons (Fsp3) is 0.194. The second-order valence-corrected chi connectivity index (χ2v) is 8.60. The fourth-order valence-electron chi connectivity index (χ4n) is 3.64. The van der Waals surface area contributed by atoms with Gasteiger partial charge < -0.3 is 20.1 Å². The summed E-state index contributed by atoms with van der Waals surface area (Å²) < 4.78 is 9.52. The van der Waals surface area contributed by atoms with Crippen molar-refractivity contribution in [1.29, 1.82) is 5.26 Å². The van der Waals surface area contributed by atoms with Crippen molar-refractivity contribution >= 4 is 23.8 Å². The minimum absolute atomic E-state index is 0.156. The van der Waals surface area contributed by atoms with E-state index in [4.69, 9.17) is 10.00 Å². The SMILES string of the molecule is COC(=O)C[C@H](NC(=O)c1ccc(C#Cc2ccc(C#N)cc2)cc1)C(=O)N[C@@H](Cc1ccccc1)C(=O)OC. The number of methoxy groups -OCH3 is 2. The number of amides is 2. The molecule has 0 unspecified atom stereocenters. The summed E-state index contributed by atoms with van der Waals surface area (Å²) in [4.78, 5) is 50.4. The van der Waals surface area contributed by atoms with E-state index in [1.165, 1.54) is 26.4 Å². The number of nitrogens with zero attached hydrogens (tertiary/aromatic N) is 1. The third-order valence-electron chi connectivity index (χ3n) is 5.82. The van der Waals surface area contributed by atoms with E-state index in [0.717, 1.165) is 11.1 Å². The van der Waals surface area contributed by atoms with Gasteiger partial charge in [0.25, 0.3) is 5.91 Å². The molecule has 0 saturated heterocycles. The van der Waals surface area contributed by atoms with Crippen LogP contribution in [-0.4, -0.2) is 50.1 Å². The largest absolute Gasteiger partial charge is 0.469 e. The number of nitrogens with one attached hydrogen (secondary N) is 2. The van der Waals surface area contributed by atoms with Gasteiger partial charge in [0.2, 0.25) is 5.91 Å². The van der Waals surface area contributed by atoms with Gasteiger partial charge in [-0.05, 0) is 54.1 Å². The second kappa shape index (κ2) is 14.5. The first-order chi connectivity index (χ1) is 19.3. The van der Waals surface area contributed by atoms with E-state index in [9.17, 15) is 19.2 Å². The van der Waals surface area contributed by atoms with Crippen molar-refractivity contribution in [2.24, 2.45) is 0 Å². The molecule has 0 aromatic heterocycles. The standard InChI is InChI=1S/C31H27N3O6/c1-39-28(35)19-26(30(37)34-27(31(38)40-2)18-23-6-4-3-5-7-23)33-29(36)25-16-14-22(15-17-25)9-8-21-10-12-24(20-32)13-11-21/h3-7,10-17,26-27H,18-19H2,1-2H3,(H,33,36)(H,34,37)/t26-,27-/m0/s1. The highest BCUT2D eigenvalue weighted by Crippen LogP contribution is 2.09. The second-order valence-electron chi connectivity index (χ2n) is 8.60. The number of carbonyl (C=O) groups excluding carboxylic acids is 4. The molecule has 40 heavy (non-hydrogen) atoms. The Kier molecular flexibility index (Phi) is 10.6. The van der Waals surface area contributed by atoms with Gasteiger partial charge in [-0.15, -0.1) is 0 Å². The maximum atomic E-state index is 13.1. The quantitative estimate of drug-likeness (QED) is 0.316. The molecule has 0 aliphatic heterocycles. The van der Waals surface area contributed by atoms with Crippen molar-refractivity contribution in [3.63, 3.8) is 0 Å². The van der Waals surface area contributed by atoms with Crippen molar-refractivity contribution < 1.29 is 28.7 Å². The van der Waals surface area contributed by atoms with Gasteiger partial charge in [-0.1, -0.05) is 42.2 Å². The summed E-state index contributed by atoms with van der Waals surface area (Å²) in [7, 11) is 2.38. The van der Waals surface area contributed by atoms with Crippen LogP contribution in [0.15, 0.2) is 78.9 Å². The number of esters is 2. The maximum absolute atomic E-state index is 13.1. The predicted octanol–water partition coefficient (Wildman–Crippen LogP) is 2.52. The molecule has 0 radical (unpaired) electrons. The van der Waals surface area contributed by atoms with Crippen LogP contribution in [0.5, 0.6) is 0 Å². The highest BCUT2D eigenvalue weighted by Gasteiger charge is 2.29. The molecule has 3 aromatic carbocycles. The molecule has 2 amide bonds. The van der Waals surface area contributed by atoms with Gasteiger partial charge in [-0.2, -0.15) is 5.26 Å². The van der Waals surface area contributed by atoms with E-state index in [2.05, 4.69) is 27.2 Å². The van der Waals surface area contributed by atoms with Crippen LogP contribution >= 0.6 is 0 Å². The molecule has 0 saturated carbocycles. The summed E-state index contributed by atoms with van der Waals surface area (Å²) in [5.41, 5.74) is 2.94. The molecule has 0 spiro atoms. The van der Waals surface area contributed by atoms with E-state index in [-0.39, 0.29) is 12.0 Å². The summed E-state index contributed by atoms with van der Waals surface area (Å²) in [5.74, 6) is 3.24. The van der Waals surface area contributed by atoms with Crippen molar-refractivity contribution in [2.75, 3.05) is 14.2 Å². The van der Waals surface area contributed by atoms with E-state index in [0.29, 0.717) is 11.1 Å². The van der Waals surface area contributed by atoms with E-state index < -0.39 is 42.3 Å². The first-order valence-corrected chi connectivity index (χ1v) is 12.2. The van der Waals surface area contributed by atoms with Gasteiger partial charge in [0.05, 0.1) is 32.3 Å². The van der Waals surface area contributed by atoms with E-state index in [1.807, 2.05) is 12.1 Å². The summed E-state index contributed by atoms with van der Waals surface area (Å²) in [5, 5.41) is 14.0. The topological polar surface area (TPSA) is 135 Å². The lowest BCUT2D eigenvalue weighted by atomic mass is 10.0. The molecular formula is C31H27N3O6. The normalized spacial score (nSPS) is 11.4. The number of hydrogen-bond acceptors (Lipinski definition) is 7. The molecule has 9 heteroatoms. The van der Waals surface area contributed by atoms with Crippen LogP contribution in [0.3, 0.4) is 0 Å². The Hall–Kier alpha value is -5.41. The summed E-state index contributed by atoms with van der Waals surface area (Å²) in [6.07, 6.45) is -0.287. The van der Waals surface area contributed by atoms with Crippen LogP contribution in [0, 0.1) is 23.2 Å². The maximum Gasteiger partial charge on any atom is 0.328 e. The number of ether oxygens (including phenoxy) is 2. The highest BCUT2D eigenvalue weighted by molar-refractivity contribution is 5.99. The zero-order valence-corrected chi connectivity index (χ0v) is 22.0. The minimum Gasteiger partial charge on any atom is -0.469 e. The van der Waals surface area contributed by atoms with Gasteiger partial charge in [-0.25, -0.2) is 4.79 Å². The highest BCUT2D eigenvalue weighted by atomic mass is 16.5. The Morgan fingerprint density at radius 2 is 1.32 bits per heavy atom. The van der Waals surface area contributed by atoms with Crippen molar-refractivity contribution in [3.05, 3.63) is 107 Å². The lowest BCUT2D eigenvalue weighted by Crippen LogP contribution is -2.53. The molecule has 3 aromatic rings. The molecule has 9 nitrogen and oxygen atoms in total. The number of rotatable bonds is 9. The minimum atomic E-state index is -1.31. The van der Waals surface area contributed by atoms with Crippen molar-refractivity contribution in [2.45, 2.75) is 24.9 Å². The average molecular weight is 538 g/mol. The number of benzene rings is 3. The lowest BCUT2D eigenvalue weighted by molar-refractivity contribution is -0.146. The third-order valence-corrected chi connectivity index (χ3v) is 5.82. The van der Waals surface area contributed by atoms with Gasteiger partial charge >= 0.3 is 11.9 Å².